The van der Waals surface area contributed by atoms with Gasteiger partial charge >= 0.3 is 5.97 Å². The molecule has 0 fully saturated rings. The predicted octanol–water partition coefficient (Wildman–Crippen LogP) is 1.32. The Labute approximate surface area is 90.8 Å². The number of nitrogens with zero attached hydrogens (tertiary/aromatic N) is 1. The Morgan fingerprint density at radius 3 is 2.67 bits per heavy atom. The summed E-state index contributed by atoms with van der Waals surface area (Å²) in [7, 11) is 0. The Morgan fingerprint density at radius 2 is 2.20 bits per heavy atom. The van der Waals surface area contributed by atoms with Gasteiger partial charge in [0.2, 0.25) is 0 Å². The normalized spacial score (nSPS) is 11.4. The van der Waals surface area contributed by atoms with Gasteiger partial charge in [0.1, 0.15) is 17.1 Å². The van der Waals surface area contributed by atoms with Gasteiger partial charge in [-0.2, -0.15) is 0 Å². The van der Waals surface area contributed by atoms with E-state index in [9.17, 15) is 9.90 Å². The van der Waals surface area contributed by atoms with Crippen LogP contribution in [0.5, 0.6) is 5.75 Å². The van der Waals surface area contributed by atoms with Crippen molar-refractivity contribution in [2.45, 2.75) is 0 Å². The van der Waals surface area contributed by atoms with E-state index in [0.717, 1.165) is 0 Å². The predicted molar refractivity (Wildman–Crippen MR) is 57.1 cm³/mol. The first-order valence-electron chi connectivity index (χ1n) is 4.00. The molecule has 0 saturated heterocycles. The molecule has 80 valence electrons. The Balaban J connectivity index is 3.07. The van der Waals surface area contributed by atoms with Crippen molar-refractivity contribution < 1.29 is 15.0 Å². The molecule has 0 radical (unpaired) electrons. The molecule has 0 amide bonds. The van der Waals surface area contributed by atoms with E-state index in [1.165, 1.54) is 18.2 Å². The van der Waals surface area contributed by atoms with Gasteiger partial charge in [0, 0.05) is 6.07 Å². The maximum absolute atomic E-state index is 10.6. The second kappa shape index (κ2) is 4.65. The first kappa shape index (κ1) is 11.3. The van der Waals surface area contributed by atoms with E-state index in [2.05, 4.69) is 4.99 Å². The number of carboxylic acid groups (broad SMARTS) is 1. The topological polar surface area (TPSA) is 95.9 Å². The number of halogens is 1. The van der Waals surface area contributed by atoms with Crippen LogP contribution in [-0.4, -0.2) is 27.9 Å². The third-order valence-electron chi connectivity index (χ3n) is 1.62. The highest BCUT2D eigenvalue weighted by Crippen LogP contribution is 2.23. The number of carboxylic acids is 1. The van der Waals surface area contributed by atoms with Crippen LogP contribution in [0.2, 0.25) is 0 Å². The molecule has 1 aromatic rings. The second-order valence-electron chi connectivity index (χ2n) is 2.74. The quantitative estimate of drug-likeness (QED) is 0.413. The minimum Gasteiger partial charge on any atom is -0.507 e. The van der Waals surface area contributed by atoms with Crippen LogP contribution in [0.15, 0.2) is 23.2 Å². The number of alkyl halides is 1. The minimum absolute atomic E-state index is 0.0709. The third-order valence-corrected chi connectivity index (χ3v) is 1.90. The lowest BCUT2D eigenvalue weighted by Gasteiger charge is -2.01. The molecular weight excluding hydrogens is 220 g/mol. The fourth-order valence-corrected chi connectivity index (χ4v) is 1.03. The van der Waals surface area contributed by atoms with Gasteiger partial charge in [0.25, 0.3) is 0 Å². The lowest BCUT2D eigenvalue weighted by Crippen LogP contribution is -2.12. The number of phenols is 1. The van der Waals surface area contributed by atoms with Gasteiger partial charge in [0.05, 0.1) is 11.6 Å². The van der Waals surface area contributed by atoms with E-state index >= 15 is 0 Å². The van der Waals surface area contributed by atoms with Crippen LogP contribution >= 0.6 is 11.6 Å². The number of hydrogen-bond acceptors (Lipinski definition) is 3. The van der Waals surface area contributed by atoms with Crippen molar-refractivity contribution in [1.29, 1.82) is 0 Å². The fourth-order valence-electron chi connectivity index (χ4n) is 0.966. The van der Waals surface area contributed by atoms with Crippen LogP contribution < -0.4 is 5.73 Å². The number of aliphatic imine (C=N–C) groups is 1. The van der Waals surface area contributed by atoms with Crippen molar-refractivity contribution in [1.82, 2.24) is 0 Å². The number of nitrogens with two attached hydrogens (primary N) is 1. The zero-order valence-corrected chi connectivity index (χ0v) is 8.40. The highest BCUT2D eigenvalue weighted by Gasteiger charge is 2.09. The van der Waals surface area contributed by atoms with Gasteiger partial charge in [-0.3, -0.25) is 0 Å². The summed E-state index contributed by atoms with van der Waals surface area (Å²) >= 11 is 5.41. The number of carbonyl (C=O) groups is 1. The first-order valence-corrected chi connectivity index (χ1v) is 4.53. The zero-order valence-electron chi connectivity index (χ0n) is 7.64. The van der Waals surface area contributed by atoms with Crippen molar-refractivity contribution >= 4 is 29.1 Å². The number of benzene rings is 1. The summed E-state index contributed by atoms with van der Waals surface area (Å²) in [5, 5.41) is 18.0. The molecule has 0 bridgehead atoms. The monoisotopic (exact) mass is 228 g/mol. The largest absolute Gasteiger partial charge is 0.507 e. The molecule has 1 rings (SSSR count). The highest BCUT2D eigenvalue weighted by molar-refractivity contribution is 6.28. The van der Waals surface area contributed by atoms with E-state index in [4.69, 9.17) is 22.4 Å². The lowest BCUT2D eigenvalue weighted by molar-refractivity contribution is 0.0694. The number of rotatable bonds is 3. The van der Waals surface area contributed by atoms with Crippen molar-refractivity contribution in [3.63, 3.8) is 0 Å². The van der Waals surface area contributed by atoms with Gasteiger partial charge in [-0.15, -0.1) is 11.6 Å². The van der Waals surface area contributed by atoms with E-state index < -0.39 is 5.97 Å². The number of amidine groups is 1. The maximum atomic E-state index is 10.6. The van der Waals surface area contributed by atoms with Gasteiger partial charge in [-0.1, -0.05) is 0 Å². The van der Waals surface area contributed by atoms with Crippen LogP contribution in [0.3, 0.4) is 0 Å². The summed E-state index contributed by atoms with van der Waals surface area (Å²) < 4.78 is 0. The molecule has 0 aliphatic rings. The average molecular weight is 229 g/mol. The van der Waals surface area contributed by atoms with Gasteiger partial charge in [0.15, 0.2) is 0 Å². The average Bonchev–Trinajstić information content (AvgIpc) is 2.17. The molecule has 0 heterocycles. The lowest BCUT2D eigenvalue weighted by atomic mass is 10.2. The van der Waals surface area contributed by atoms with E-state index in [1.54, 1.807) is 0 Å². The number of aromatic carboxylic acids is 1. The van der Waals surface area contributed by atoms with Crippen molar-refractivity contribution in [2.24, 2.45) is 10.7 Å². The molecule has 0 atom stereocenters. The van der Waals surface area contributed by atoms with Crippen molar-refractivity contribution in [3.05, 3.63) is 23.8 Å². The summed E-state index contributed by atoms with van der Waals surface area (Å²) in [5.74, 6) is -1.29. The van der Waals surface area contributed by atoms with Crippen LogP contribution in [0, 0.1) is 0 Å². The minimum atomic E-state index is -1.20. The molecule has 0 aliphatic heterocycles. The summed E-state index contributed by atoms with van der Waals surface area (Å²) in [6, 6.07) is 3.89. The van der Waals surface area contributed by atoms with Crippen LogP contribution in [0.25, 0.3) is 0 Å². The van der Waals surface area contributed by atoms with E-state index in [0.29, 0.717) is 5.69 Å². The Hall–Kier alpha value is -1.75. The van der Waals surface area contributed by atoms with Crippen LogP contribution in [0.1, 0.15) is 10.4 Å². The molecule has 0 aliphatic carbocycles. The third kappa shape index (κ3) is 2.85. The van der Waals surface area contributed by atoms with Gasteiger partial charge in [-0.05, 0) is 12.1 Å². The number of hydrogen-bond donors (Lipinski definition) is 3. The molecule has 15 heavy (non-hydrogen) atoms. The van der Waals surface area contributed by atoms with Gasteiger partial charge < -0.3 is 15.9 Å². The molecule has 5 nitrogen and oxygen atoms in total. The van der Waals surface area contributed by atoms with E-state index in [1.807, 2.05) is 0 Å². The Bertz CT molecular complexity index is 418. The van der Waals surface area contributed by atoms with Crippen molar-refractivity contribution in [2.75, 3.05) is 5.88 Å². The molecule has 4 N–H and O–H groups in total. The Kier molecular flexibility index (Phi) is 3.51. The standard InChI is InChI=1S/C9H9ClN2O3/c10-4-8(11)12-5-1-2-6(9(14)15)7(13)3-5/h1-3,13H,4H2,(H2,11,12)(H,14,15). The molecule has 6 heteroatoms. The van der Waals surface area contributed by atoms with E-state index in [-0.39, 0.29) is 23.0 Å². The Morgan fingerprint density at radius 1 is 1.53 bits per heavy atom. The molecular formula is C9H9ClN2O3. The molecule has 0 spiro atoms. The SMILES string of the molecule is NC(CCl)=Nc1ccc(C(=O)O)c(O)c1. The number of aromatic hydroxyl groups is 1. The summed E-state index contributed by atoms with van der Waals surface area (Å²) in [4.78, 5) is 14.4. The summed E-state index contributed by atoms with van der Waals surface area (Å²) in [6.45, 7) is 0. The van der Waals surface area contributed by atoms with Crippen LogP contribution in [-0.2, 0) is 0 Å². The molecule has 0 aromatic heterocycles. The first-order chi connectivity index (χ1) is 7.04. The highest BCUT2D eigenvalue weighted by atomic mass is 35.5. The fraction of sp³-hybridized carbons (Fsp3) is 0.111. The summed E-state index contributed by atoms with van der Waals surface area (Å²) in [5.41, 5.74) is 5.55. The molecule has 0 saturated carbocycles. The zero-order chi connectivity index (χ0) is 11.4. The maximum Gasteiger partial charge on any atom is 0.339 e. The molecule has 1 aromatic carbocycles. The second-order valence-corrected chi connectivity index (χ2v) is 3.01. The van der Waals surface area contributed by atoms with Gasteiger partial charge in [-0.25, -0.2) is 9.79 Å². The molecule has 0 unspecified atom stereocenters. The van der Waals surface area contributed by atoms with Crippen LogP contribution in [0.4, 0.5) is 5.69 Å². The smallest absolute Gasteiger partial charge is 0.339 e. The van der Waals surface area contributed by atoms with Crippen molar-refractivity contribution in [3.8, 4) is 5.75 Å². The summed E-state index contributed by atoms with van der Waals surface area (Å²) in [6.07, 6.45) is 0.